The van der Waals surface area contributed by atoms with Crippen molar-refractivity contribution in [1.29, 1.82) is 0 Å². The summed E-state index contributed by atoms with van der Waals surface area (Å²) in [6, 6.07) is 5.77. The number of aromatic nitrogens is 1. The van der Waals surface area contributed by atoms with E-state index in [1.165, 1.54) is 11.1 Å². The van der Waals surface area contributed by atoms with Crippen LogP contribution in [0.15, 0.2) is 29.8 Å². The van der Waals surface area contributed by atoms with Crippen LogP contribution in [-0.2, 0) is 25.5 Å². The third-order valence-corrected chi connectivity index (χ3v) is 6.70. The van der Waals surface area contributed by atoms with E-state index in [9.17, 15) is 4.79 Å². The van der Waals surface area contributed by atoms with Crippen LogP contribution in [0.5, 0.6) is 0 Å². The minimum absolute atomic E-state index is 0. The Morgan fingerprint density at radius 3 is 1.75 bits per heavy atom. The van der Waals surface area contributed by atoms with Crippen molar-refractivity contribution in [2.45, 2.75) is 199 Å². The molecule has 3 unspecified atom stereocenters. The molecule has 6 nitrogen and oxygen atoms in total. The molecule has 2 N–H and O–H groups in total. The van der Waals surface area contributed by atoms with Crippen LogP contribution in [0.1, 0.15) is 204 Å². The number of allylic oxidation sites excluding steroid dienone is 2. The highest BCUT2D eigenvalue weighted by Gasteiger charge is 2.34. The number of ether oxygens (including phenoxy) is 1. The van der Waals surface area contributed by atoms with E-state index in [4.69, 9.17) is 36.6 Å². The fourth-order valence-corrected chi connectivity index (χ4v) is 5.25. The summed E-state index contributed by atoms with van der Waals surface area (Å²) in [7, 11) is 0. The summed E-state index contributed by atoms with van der Waals surface area (Å²) >= 11 is 6.16. The average molecular weight is 762 g/mol. The Morgan fingerprint density at radius 1 is 0.843 bits per heavy atom. The van der Waals surface area contributed by atoms with Gasteiger partial charge in [0.05, 0.1) is 18.0 Å². The number of esters is 1. The topological polar surface area (TPSA) is 99.3 Å². The van der Waals surface area contributed by atoms with E-state index in [2.05, 4.69) is 13.0 Å². The van der Waals surface area contributed by atoms with Gasteiger partial charge in [-0.05, 0) is 75.5 Å². The summed E-state index contributed by atoms with van der Waals surface area (Å²) in [6.45, 7) is 4.37. The van der Waals surface area contributed by atoms with E-state index in [1.54, 1.807) is 0 Å². The Kier molecular flexibility index (Phi) is 112. The zero-order chi connectivity index (χ0) is 23.3. The Bertz CT molecular complexity index is 1060. The predicted octanol–water partition coefficient (Wildman–Crippen LogP) is 17.3. The number of fused-ring (bicyclic) bond motifs is 5. The molecule has 0 radical (unpaired) electrons. The Labute approximate surface area is 333 Å². The molecular formula is C44H105ClN2O4. The smallest absolute Gasteiger partial charge is 0.373 e. The lowest BCUT2D eigenvalue weighted by Gasteiger charge is -2.36. The van der Waals surface area contributed by atoms with Gasteiger partial charge in [0.25, 0.3) is 0 Å². The lowest BCUT2D eigenvalue weighted by Crippen LogP contribution is -2.25. The number of hydrogen-bond acceptors (Lipinski definition) is 6. The normalized spacial score (nSPS) is 12.3. The molecular weight excluding hydrogens is 656 g/mol. The van der Waals surface area contributed by atoms with Crippen LogP contribution >= 0.6 is 11.6 Å². The van der Waals surface area contributed by atoms with Gasteiger partial charge in [0.1, 0.15) is 0 Å². The molecule has 0 saturated carbocycles. The fourth-order valence-electron chi connectivity index (χ4n) is 5.08. The summed E-state index contributed by atoms with van der Waals surface area (Å²) in [5.74, 6) is 0.849. The van der Waals surface area contributed by atoms with E-state index >= 15 is 0 Å². The van der Waals surface area contributed by atoms with E-state index in [0.29, 0.717) is 23.5 Å². The third-order valence-electron chi connectivity index (χ3n) is 6.46. The highest BCUT2D eigenvalue weighted by atomic mass is 35.5. The molecule has 0 amide bonds. The summed E-state index contributed by atoms with van der Waals surface area (Å²) < 4.78 is 5.23. The van der Waals surface area contributed by atoms with Crippen molar-refractivity contribution in [2.24, 2.45) is 11.8 Å². The van der Waals surface area contributed by atoms with Crippen molar-refractivity contribution in [3.63, 3.8) is 0 Å². The second-order valence-corrected chi connectivity index (χ2v) is 8.89. The van der Waals surface area contributed by atoms with Crippen LogP contribution in [-0.4, -0.2) is 23.7 Å². The minimum Gasteiger partial charge on any atom is -0.466 e. The quantitative estimate of drug-likeness (QED) is 0.232. The Morgan fingerprint density at radius 2 is 1.31 bits per heavy atom. The molecule has 7 heteroatoms. The van der Waals surface area contributed by atoms with E-state index in [1.807, 2.05) is 25.1 Å². The summed E-state index contributed by atoms with van der Waals surface area (Å²) in [5, 5.41) is 1.69. The molecule has 2 aromatic rings. The third kappa shape index (κ3) is 26.7. The zero-order valence-corrected chi connectivity index (χ0v) is 19.3. The van der Waals surface area contributed by atoms with Crippen molar-refractivity contribution in [3.05, 3.63) is 46.1 Å². The average Bonchev–Trinajstić information content (AvgIpc) is 2.74. The highest BCUT2D eigenvalue weighted by Crippen LogP contribution is 2.47. The number of rotatable bonds is 6. The Balaban J connectivity index is -0.0000000339. The summed E-state index contributed by atoms with van der Waals surface area (Å²) in [5.41, 5.74) is 12.2. The molecule has 1 aromatic carbocycles. The molecule has 1 heterocycles. The second kappa shape index (κ2) is 51.7. The van der Waals surface area contributed by atoms with Crippen molar-refractivity contribution >= 4 is 40.3 Å². The molecule has 0 saturated heterocycles. The summed E-state index contributed by atoms with van der Waals surface area (Å²) in [4.78, 5) is 33.3. The number of benzene rings is 1. The van der Waals surface area contributed by atoms with E-state index in [0.717, 1.165) is 60.8 Å². The first kappa shape index (κ1) is 110. The van der Waals surface area contributed by atoms with Crippen molar-refractivity contribution < 1.29 is 19.1 Å². The van der Waals surface area contributed by atoms with Gasteiger partial charge in [0.2, 0.25) is 0 Å². The van der Waals surface area contributed by atoms with Crippen LogP contribution < -0.4 is 5.73 Å². The molecule has 0 spiro atoms. The molecule has 322 valence electrons. The lowest BCUT2D eigenvalue weighted by atomic mass is 9.70. The van der Waals surface area contributed by atoms with Crippen LogP contribution in [0, 0.1) is 11.8 Å². The monoisotopic (exact) mass is 761 g/mol. The minimum atomic E-state index is -0.0597. The summed E-state index contributed by atoms with van der Waals surface area (Å²) in [6.07, 6.45) is 8.39. The van der Waals surface area contributed by atoms with Gasteiger partial charge >= 0.3 is 12.1 Å². The predicted molar refractivity (Wildman–Crippen MR) is 251 cm³/mol. The van der Waals surface area contributed by atoms with Crippen LogP contribution in [0.3, 0.4) is 0 Å². The number of anilines is 1. The maximum absolute atomic E-state index is 12.1. The highest BCUT2D eigenvalue weighted by molar-refractivity contribution is 6.31. The lowest BCUT2D eigenvalue weighted by molar-refractivity contribution is -0.191. The number of halogens is 1. The standard InChI is InChI=1S/C24H29ClN2O2.CO2.19CH4/c1-3-16(24(28)29-4-2)6-5-14-9-15-11-17(10-14)22-21(12-15)27-20-13-18(25)7-8-19(20)23(22)26;2-1-3;;;;;;;;;;;;;;;;;;;/h7-9,13,15-17H,3-6,10-12H2,1-2H3,(H2,26,27);;19*1H4. The van der Waals surface area contributed by atoms with Crippen molar-refractivity contribution in [1.82, 2.24) is 4.98 Å². The van der Waals surface area contributed by atoms with Crippen molar-refractivity contribution in [2.75, 3.05) is 12.3 Å². The van der Waals surface area contributed by atoms with E-state index in [-0.39, 0.29) is 159 Å². The largest absolute Gasteiger partial charge is 0.466 e. The number of nitrogens with zero attached hydrogens (tertiary/aromatic N) is 1. The number of hydrogen-bond donors (Lipinski definition) is 1. The van der Waals surface area contributed by atoms with Gasteiger partial charge in [-0.1, -0.05) is 171 Å². The molecule has 3 atom stereocenters. The van der Waals surface area contributed by atoms with Gasteiger partial charge in [-0.15, -0.1) is 0 Å². The van der Waals surface area contributed by atoms with Gasteiger partial charge in [0, 0.05) is 27.4 Å². The molecule has 51 heavy (non-hydrogen) atoms. The van der Waals surface area contributed by atoms with Gasteiger partial charge in [-0.2, -0.15) is 9.59 Å². The first-order valence-corrected chi connectivity index (χ1v) is 11.5. The van der Waals surface area contributed by atoms with Crippen molar-refractivity contribution in [3.8, 4) is 0 Å². The number of carbonyl (C=O) groups excluding carboxylic acids is 3. The number of nitrogens with two attached hydrogens (primary N) is 1. The second-order valence-electron chi connectivity index (χ2n) is 8.45. The maximum Gasteiger partial charge on any atom is 0.373 e. The molecule has 2 bridgehead atoms. The molecule has 1 aromatic heterocycles. The number of nitrogen functional groups attached to an aromatic ring is 1. The van der Waals surface area contributed by atoms with Gasteiger partial charge < -0.3 is 10.5 Å². The first-order valence-electron chi connectivity index (χ1n) is 11.1. The zero-order valence-electron chi connectivity index (χ0n) is 18.5. The first-order chi connectivity index (χ1) is 15.4. The number of pyridine rings is 1. The van der Waals surface area contributed by atoms with Crippen LogP contribution in [0.25, 0.3) is 10.9 Å². The SMILES string of the molecule is C.C.C.C.C.C.C.C.C.C.C.C.C.C.C.C.C.C.C.CCOC(=O)C(CC)CCC1=CC2Cc3nc4cc(Cl)ccc4c(N)c3C(C1)C2.O=C=O. The van der Waals surface area contributed by atoms with Crippen LogP contribution in [0.2, 0.25) is 5.02 Å². The number of carbonyl (C=O) groups is 1. The van der Waals surface area contributed by atoms with Gasteiger partial charge in [0.15, 0.2) is 0 Å². The van der Waals surface area contributed by atoms with E-state index < -0.39 is 0 Å². The molecule has 0 aliphatic heterocycles. The Hall–Kier alpha value is -2.69. The van der Waals surface area contributed by atoms with Gasteiger partial charge in [-0.3, -0.25) is 9.78 Å². The fraction of sp³-hybridized carbons (Fsp3) is 0.705. The molecule has 4 rings (SSSR count). The maximum atomic E-state index is 12.1. The molecule has 2 aliphatic carbocycles. The van der Waals surface area contributed by atoms with Gasteiger partial charge in [-0.25, -0.2) is 0 Å². The van der Waals surface area contributed by atoms with Crippen LogP contribution in [0.4, 0.5) is 5.69 Å². The molecule has 0 fully saturated rings. The molecule has 2 aliphatic rings.